The molecule has 6 nitrogen and oxygen atoms in total. The summed E-state index contributed by atoms with van der Waals surface area (Å²) in [5.74, 6) is -0.239. The third-order valence-electron chi connectivity index (χ3n) is 3.27. The van der Waals surface area contributed by atoms with Crippen molar-refractivity contribution < 1.29 is 9.72 Å². The highest BCUT2D eigenvalue weighted by Crippen LogP contribution is 2.12. The van der Waals surface area contributed by atoms with Crippen LogP contribution in [0.3, 0.4) is 0 Å². The lowest BCUT2D eigenvalue weighted by atomic mass is 10.2. The van der Waals surface area contributed by atoms with Gasteiger partial charge >= 0.3 is 0 Å². The number of nitro groups is 1. The minimum atomic E-state index is -0.490. The van der Waals surface area contributed by atoms with Crippen LogP contribution in [0.1, 0.15) is 10.4 Å². The van der Waals surface area contributed by atoms with E-state index in [4.69, 9.17) is 0 Å². The van der Waals surface area contributed by atoms with Crippen LogP contribution in [-0.2, 0) is 0 Å². The Labute approximate surface area is 128 Å². The van der Waals surface area contributed by atoms with E-state index in [1.807, 2.05) is 42.3 Å². The van der Waals surface area contributed by atoms with Gasteiger partial charge in [-0.15, -0.1) is 0 Å². The second-order valence-electron chi connectivity index (χ2n) is 4.82. The number of para-hydroxylation sites is 1. The van der Waals surface area contributed by atoms with Gasteiger partial charge < -0.3 is 10.2 Å². The van der Waals surface area contributed by atoms with Crippen molar-refractivity contribution in [1.29, 1.82) is 0 Å². The summed E-state index contributed by atoms with van der Waals surface area (Å²) in [6.07, 6.45) is 0. The van der Waals surface area contributed by atoms with Crippen molar-refractivity contribution in [3.05, 3.63) is 70.3 Å². The van der Waals surface area contributed by atoms with Crippen LogP contribution < -0.4 is 10.2 Å². The Bertz CT molecular complexity index is 641. The largest absolute Gasteiger partial charge is 0.373 e. The predicted octanol–water partition coefficient (Wildman–Crippen LogP) is 2.46. The minimum absolute atomic E-state index is 0.0274. The molecule has 0 saturated carbocycles. The van der Waals surface area contributed by atoms with Crippen LogP contribution in [0.4, 0.5) is 11.4 Å². The van der Waals surface area contributed by atoms with E-state index in [2.05, 4.69) is 5.32 Å². The highest BCUT2D eigenvalue weighted by atomic mass is 16.6. The fourth-order valence-corrected chi connectivity index (χ4v) is 1.99. The third-order valence-corrected chi connectivity index (χ3v) is 3.27. The Morgan fingerprint density at radius 2 is 1.77 bits per heavy atom. The standard InChI is InChI=1S/C16H17N3O3/c1-18(14-5-3-2-4-6-14)12-11-17-16(20)13-7-9-15(10-8-13)19(21)22/h2-10H,11-12H2,1H3,(H,17,20). The van der Waals surface area contributed by atoms with E-state index in [0.717, 1.165) is 5.69 Å². The smallest absolute Gasteiger partial charge is 0.269 e. The lowest BCUT2D eigenvalue weighted by Crippen LogP contribution is -2.32. The maximum atomic E-state index is 11.9. The van der Waals surface area contributed by atoms with Gasteiger partial charge in [-0.05, 0) is 24.3 Å². The maximum Gasteiger partial charge on any atom is 0.269 e. The van der Waals surface area contributed by atoms with Crippen molar-refractivity contribution in [3.63, 3.8) is 0 Å². The van der Waals surface area contributed by atoms with Crippen LogP contribution >= 0.6 is 0 Å². The Morgan fingerprint density at radius 3 is 2.36 bits per heavy atom. The number of nitro benzene ring substituents is 1. The summed E-state index contributed by atoms with van der Waals surface area (Å²) in [4.78, 5) is 24.1. The number of amides is 1. The topological polar surface area (TPSA) is 75.5 Å². The molecule has 2 aromatic rings. The van der Waals surface area contributed by atoms with Crippen LogP contribution in [0.2, 0.25) is 0 Å². The molecule has 0 bridgehead atoms. The molecule has 1 N–H and O–H groups in total. The number of carbonyl (C=O) groups is 1. The third kappa shape index (κ3) is 4.05. The van der Waals surface area contributed by atoms with Gasteiger partial charge in [0, 0.05) is 43.5 Å². The van der Waals surface area contributed by atoms with Gasteiger partial charge in [0.1, 0.15) is 0 Å². The van der Waals surface area contributed by atoms with E-state index >= 15 is 0 Å². The van der Waals surface area contributed by atoms with E-state index in [9.17, 15) is 14.9 Å². The quantitative estimate of drug-likeness (QED) is 0.656. The van der Waals surface area contributed by atoms with Gasteiger partial charge in [-0.1, -0.05) is 18.2 Å². The average molecular weight is 299 g/mol. The molecule has 22 heavy (non-hydrogen) atoms. The van der Waals surface area contributed by atoms with E-state index in [0.29, 0.717) is 18.7 Å². The number of likely N-dealkylation sites (N-methyl/N-ethyl adjacent to an activating group) is 1. The predicted molar refractivity (Wildman–Crippen MR) is 85.1 cm³/mol. The molecule has 0 radical (unpaired) electrons. The van der Waals surface area contributed by atoms with Gasteiger partial charge in [0.25, 0.3) is 11.6 Å². The Balaban J connectivity index is 1.84. The first-order valence-electron chi connectivity index (χ1n) is 6.87. The number of nitrogens with zero attached hydrogens (tertiary/aromatic N) is 2. The van der Waals surface area contributed by atoms with Crippen molar-refractivity contribution in [2.75, 3.05) is 25.0 Å². The van der Waals surface area contributed by atoms with Crippen LogP contribution in [0.15, 0.2) is 54.6 Å². The molecule has 0 aliphatic heterocycles. The molecule has 2 rings (SSSR count). The molecule has 0 aromatic heterocycles. The van der Waals surface area contributed by atoms with Crippen LogP contribution in [-0.4, -0.2) is 31.0 Å². The van der Waals surface area contributed by atoms with Gasteiger partial charge in [0.2, 0.25) is 0 Å². The summed E-state index contributed by atoms with van der Waals surface area (Å²) in [6.45, 7) is 1.16. The first-order valence-corrected chi connectivity index (χ1v) is 6.87. The normalized spacial score (nSPS) is 10.0. The first kappa shape index (κ1) is 15.5. The molecule has 0 aliphatic rings. The molecule has 0 saturated heterocycles. The van der Waals surface area contributed by atoms with E-state index in [1.54, 1.807) is 0 Å². The first-order chi connectivity index (χ1) is 10.6. The minimum Gasteiger partial charge on any atom is -0.373 e. The zero-order chi connectivity index (χ0) is 15.9. The number of hydrogen-bond acceptors (Lipinski definition) is 4. The zero-order valence-electron chi connectivity index (χ0n) is 12.2. The molecular formula is C16H17N3O3. The van der Waals surface area contributed by atoms with E-state index in [1.165, 1.54) is 24.3 Å². The van der Waals surface area contributed by atoms with Gasteiger partial charge in [0.05, 0.1) is 4.92 Å². The molecule has 0 aliphatic carbocycles. The molecule has 114 valence electrons. The molecule has 0 fully saturated rings. The second-order valence-corrected chi connectivity index (χ2v) is 4.82. The van der Waals surface area contributed by atoms with Gasteiger partial charge in [0.15, 0.2) is 0 Å². The Hall–Kier alpha value is -2.89. The highest BCUT2D eigenvalue weighted by molar-refractivity contribution is 5.94. The number of hydrogen-bond donors (Lipinski definition) is 1. The second kappa shape index (κ2) is 7.21. The lowest BCUT2D eigenvalue weighted by Gasteiger charge is -2.19. The number of nitrogens with one attached hydrogen (secondary N) is 1. The summed E-state index contributed by atoms with van der Waals surface area (Å²) >= 11 is 0. The Morgan fingerprint density at radius 1 is 1.14 bits per heavy atom. The Kier molecular flexibility index (Phi) is 5.08. The molecule has 2 aromatic carbocycles. The zero-order valence-corrected chi connectivity index (χ0v) is 12.2. The average Bonchev–Trinajstić information content (AvgIpc) is 2.55. The van der Waals surface area contributed by atoms with Gasteiger partial charge in [-0.2, -0.15) is 0 Å². The van der Waals surface area contributed by atoms with Crippen LogP contribution in [0, 0.1) is 10.1 Å². The fourth-order valence-electron chi connectivity index (χ4n) is 1.99. The summed E-state index contributed by atoms with van der Waals surface area (Å²) in [6, 6.07) is 15.4. The molecular weight excluding hydrogens is 282 g/mol. The number of non-ortho nitro benzene ring substituents is 1. The van der Waals surface area contributed by atoms with Crippen molar-refractivity contribution in [3.8, 4) is 0 Å². The molecule has 0 unspecified atom stereocenters. The van der Waals surface area contributed by atoms with Crippen LogP contribution in [0.5, 0.6) is 0 Å². The summed E-state index contributed by atoms with van der Waals surface area (Å²) in [5.41, 5.74) is 1.46. The van der Waals surface area contributed by atoms with Gasteiger partial charge in [-0.25, -0.2) is 0 Å². The van der Waals surface area contributed by atoms with Crippen molar-refractivity contribution in [2.24, 2.45) is 0 Å². The molecule has 0 atom stereocenters. The SMILES string of the molecule is CN(CCNC(=O)c1ccc([N+](=O)[O-])cc1)c1ccccc1. The maximum absolute atomic E-state index is 11.9. The summed E-state index contributed by atoms with van der Waals surface area (Å²) in [5, 5.41) is 13.4. The fraction of sp³-hybridized carbons (Fsp3) is 0.188. The number of carbonyl (C=O) groups excluding carboxylic acids is 1. The van der Waals surface area contributed by atoms with E-state index in [-0.39, 0.29) is 11.6 Å². The van der Waals surface area contributed by atoms with Crippen molar-refractivity contribution in [2.45, 2.75) is 0 Å². The van der Waals surface area contributed by atoms with Gasteiger partial charge in [-0.3, -0.25) is 14.9 Å². The van der Waals surface area contributed by atoms with Crippen molar-refractivity contribution >= 4 is 17.3 Å². The molecule has 0 heterocycles. The van der Waals surface area contributed by atoms with E-state index < -0.39 is 4.92 Å². The number of benzene rings is 2. The molecule has 6 heteroatoms. The number of rotatable bonds is 6. The molecule has 1 amide bonds. The summed E-state index contributed by atoms with van der Waals surface area (Å²) in [7, 11) is 1.95. The van der Waals surface area contributed by atoms with Crippen LogP contribution in [0.25, 0.3) is 0 Å². The molecule has 0 spiro atoms. The monoisotopic (exact) mass is 299 g/mol. The number of anilines is 1. The lowest BCUT2D eigenvalue weighted by molar-refractivity contribution is -0.384. The highest BCUT2D eigenvalue weighted by Gasteiger charge is 2.09. The summed E-state index contributed by atoms with van der Waals surface area (Å²) < 4.78 is 0. The van der Waals surface area contributed by atoms with Crippen molar-refractivity contribution in [1.82, 2.24) is 5.32 Å².